The van der Waals surface area contributed by atoms with E-state index in [2.05, 4.69) is 24.4 Å². The first kappa shape index (κ1) is 19.3. The van der Waals surface area contributed by atoms with Gasteiger partial charge < -0.3 is 5.32 Å². The number of rotatable bonds is 6. The van der Waals surface area contributed by atoms with Crippen molar-refractivity contribution in [2.45, 2.75) is 90.0 Å². The molecule has 1 unspecified atom stereocenters. The van der Waals surface area contributed by atoms with Gasteiger partial charge in [0.15, 0.2) is 5.78 Å². The molecule has 1 atom stereocenters. The second-order valence-electron chi connectivity index (χ2n) is 10.7. The summed E-state index contributed by atoms with van der Waals surface area (Å²) in [5.74, 6) is 2.85. The fraction of sp³-hybridized carbons (Fsp3) is 0.692. The molecule has 1 aromatic rings. The van der Waals surface area contributed by atoms with E-state index in [-0.39, 0.29) is 17.7 Å². The topological polar surface area (TPSA) is 46.2 Å². The lowest BCUT2D eigenvalue weighted by molar-refractivity contribution is -0.125. The van der Waals surface area contributed by atoms with E-state index >= 15 is 0 Å². The van der Waals surface area contributed by atoms with Crippen LogP contribution in [0.2, 0.25) is 0 Å². The minimum Gasteiger partial charge on any atom is -0.353 e. The van der Waals surface area contributed by atoms with E-state index in [1.54, 1.807) is 0 Å². The summed E-state index contributed by atoms with van der Waals surface area (Å²) in [7, 11) is 0. The van der Waals surface area contributed by atoms with Crippen LogP contribution in [0.3, 0.4) is 0 Å². The van der Waals surface area contributed by atoms with Crippen molar-refractivity contribution in [2.75, 3.05) is 0 Å². The molecule has 4 saturated carbocycles. The number of fused-ring (bicyclic) bond motifs is 1. The SMILES string of the molecule is CC(NC(=O)CCC(=O)c1ccc2c(c1)CCCC2)C12CC3CC(CC(C3)C1)C2. The van der Waals surface area contributed by atoms with Crippen molar-refractivity contribution in [1.29, 1.82) is 0 Å². The zero-order chi connectivity index (χ0) is 20.0. The Hall–Kier alpha value is -1.64. The molecule has 0 heterocycles. The van der Waals surface area contributed by atoms with Crippen LogP contribution in [0.1, 0.15) is 92.6 Å². The monoisotopic (exact) mass is 393 g/mol. The van der Waals surface area contributed by atoms with Gasteiger partial charge in [-0.1, -0.05) is 12.1 Å². The average molecular weight is 394 g/mol. The van der Waals surface area contributed by atoms with E-state index in [0.29, 0.717) is 18.3 Å². The van der Waals surface area contributed by atoms with Crippen molar-refractivity contribution in [3.63, 3.8) is 0 Å². The van der Waals surface area contributed by atoms with Crippen molar-refractivity contribution in [3.8, 4) is 0 Å². The maximum atomic E-state index is 12.7. The predicted molar refractivity (Wildman–Crippen MR) is 115 cm³/mol. The van der Waals surface area contributed by atoms with Crippen LogP contribution in [0.5, 0.6) is 0 Å². The normalized spacial score (nSPS) is 33.2. The summed E-state index contributed by atoms with van der Waals surface area (Å²) in [6, 6.07) is 6.40. The number of carbonyl (C=O) groups is 2. The lowest BCUT2D eigenvalue weighted by atomic mass is 9.48. The molecule has 6 rings (SSSR count). The van der Waals surface area contributed by atoms with Crippen LogP contribution in [0.15, 0.2) is 18.2 Å². The number of Topliss-reactive ketones (excluding diaryl/α,β-unsaturated/α-hetero) is 1. The van der Waals surface area contributed by atoms with Gasteiger partial charge in [0.2, 0.25) is 5.91 Å². The third kappa shape index (κ3) is 3.78. The molecule has 1 aromatic carbocycles. The first-order valence-corrected chi connectivity index (χ1v) is 12.0. The van der Waals surface area contributed by atoms with E-state index in [0.717, 1.165) is 36.2 Å². The van der Waals surface area contributed by atoms with Gasteiger partial charge in [0.25, 0.3) is 0 Å². The van der Waals surface area contributed by atoms with Gasteiger partial charge in [0.1, 0.15) is 0 Å². The number of carbonyl (C=O) groups excluding carboxylic acids is 2. The van der Waals surface area contributed by atoms with Crippen LogP contribution in [0.25, 0.3) is 0 Å². The second-order valence-corrected chi connectivity index (χ2v) is 10.7. The van der Waals surface area contributed by atoms with Crippen LogP contribution in [0.4, 0.5) is 0 Å². The van der Waals surface area contributed by atoms with Gasteiger partial charge >= 0.3 is 0 Å². The molecule has 0 radical (unpaired) electrons. The number of aryl methyl sites for hydroxylation is 2. The van der Waals surface area contributed by atoms with E-state index in [1.807, 2.05) is 6.07 Å². The molecular formula is C26H35NO2. The summed E-state index contributed by atoms with van der Waals surface area (Å²) in [4.78, 5) is 25.3. The first-order valence-electron chi connectivity index (χ1n) is 12.0. The third-order valence-electron chi connectivity index (χ3n) is 8.63. The van der Waals surface area contributed by atoms with Crippen LogP contribution in [0, 0.1) is 23.2 Å². The van der Waals surface area contributed by atoms with Gasteiger partial charge in [-0.15, -0.1) is 0 Å². The Balaban J connectivity index is 1.16. The molecule has 29 heavy (non-hydrogen) atoms. The van der Waals surface area contributed by atoms with Crippen molar-refractivity contribution in [3.05, 3.63) is 34.9 Å². The lowest BCUT2D eigenvalue weighted by Crippen LogP contribution is -2.55. The summed E-state index contributed by atoms with van der Waals surface area (Å²) >= 11 is 0. The average Bonchev–Trinajstić information content (AvgIpc) is 2.70. The van der Waals surface area contributed by atoms with Gasteiger partial charge in [-0.05, 0) is 111 Å². The highest BCUT2D eigenvalue weighted by Gasteiger charge is 2.53. The number of amides is 1. The summed E-state index contributed by atoms with van der Waals surface area (Å²) in [5.41, 5.74) is 3.84. The smallest absolute Gasteiger partial charge is 0.220 e. The Morgan fingerprint density at radius 1 is 0.966 bits per heavy atom. The second kappa shape index (κ2) is 7.56. The van der Waals surface area contributed by atoms with E-state index in [1.165, 1.54) is 62.5 Å². The molecule has 156 valence electrons. The Labute approximate surface area is 175 Å². The maximum absolute atomic E-state index is 12.7. The standard InChI is InChI=1S/C26H35NO2/c1-17(26-14-18-10-19(15-26)12-20(11-18)16-26)27-25(29)9-8-24(28)23-7-6-21-4-2-3-5-22(21)13-23/h6-7,13,17-20H,2-5,8-12,14-16H2,1H3,(H,27,29). The zero-order valence-corrected chi connectivity index (χ0v) is 17.8. The van der Waals surface area contributed by atoms with Crippen molar-refractivity contribution in [1.82, 2.24) is 5.32 Å². The minimum atomic E-state index is 0.0551. The van der Waals surface area contributed by atoms with Crippen LogP contribution >= 0.6 is 0 Å². The molecular weight excluding hydrogens is 358 g/mol. The van der Waals surface area contributed by atoms with E-state index in [4.69, 9.17) is 0 Å². The molecule has 0 aromatic heterocycles. The summed E-state index contributed by atoms with van der Waals surface area (Å²) in [6.45, 7) is 2.22. The molecule has 3 heteroatoms. The minimum absolute atomic E-state index is 0.0551. The predicted octanol–water partition coefficient (Wildman–Crippen LogP) is 5.25. The molecule has 1 N–H and O–H groups in total. The van der Waals surface area contributed by atoms with Crippen LogP contribution in [-0.4, -0.2) is 17.7 Å². The third-order valence-corrected chi connectivity index (χ3v) is 8.63. The Morgan fingerprint density at radius 2 is 1.59 bits per heavy atom. The van der Waals surface area contributed by atoms with Gasteiger partial charge in [0.05, 0.1) is 0 Å². The fourth-order valence-electron chi connectivity index (χ4n) is 7.45. The van der Waals surface area contributed by atoms with E-state index < -0.39 is 0 Å². The zero-order valence-electron chi connectivity index (χ0n) is 17.8. The highest BCUT2D eigenvalue weighted by molar-refractivity contribution is 5.98. The van der Waals surface area contributed by atoms with Crippen molar-refractivity contribution >= 4 is 11.7 Å². The van der Waals surface area contributed by atoms with Gasteiger partial charge in [0, 0.05) is 24.4 Å². The van der Waals surface area contributed by atoms with Crippen molar-refractivity contribution < 1.29 is 9.59 Å². The number of hydrogen-bond donors (Lipinski definition) is 1. The molecule has 4 bridgehead atoms. The highest BCUT2D eigenvalue weighted by Crippen LogP contribution is 2.61. The molecule has 0 spiro atoms. The van der Waals surface area contributed by atoms with Gasteiger partial charge in [-0.2, -0.15) is 0 Å². The van der Waals surface area contributed by atoms with Gasteiger partial charge in [-0.3, -0.25) is 9.59 Å². The molecule has 0 saturated heterocycles. The number of hydrogen-bond acceptors (Lipinski definition) is 2. The summed E-state index contributed by atoms with van der Waals surface area (Å²) < 4.78 is 0. The Bertz CT molecular complexity index is 776. The maximum Gasteiger partial charge on any atom is 0.220 e. The number of ketones is 1. The fourth-order valence-corrected chi connectivity index (χ4v) is 7.45. The van der Waals surface area contributed by atoms with Crippen molar-refractivity contribution in [2.24, 2.45) is 23.2 Å². The Kier molecular flexibility index (Phi) is 5.04. The van der Waals surface area contributed by atoms with E-state index in [9.17, 15) is 9.59 Å². The Morgan fingerprint density at radius 3 is 2.24 bits per heavy atom. The number of benzene rings is 1. The number of nitrogens with one attached hydrogen (secondary N) is 1. The molecule has 5 aliphatic rings. The molecule has 0 aliphatic heterocycles. The molecule has 4 fully saturated rings. The largest absolute Gasteiger partial charge is 0.353 e. The molecule has 5 aliphatic carbocycles. The van der Waals surface area contributed by atoms with Gasteiger partial charge in [-0.25, -0.2) is 0 Å². The first-order chi connectivity index (χ1) is 14.0. The summed E-state index contributed by atoms with van der Waals surface area (Å²) in [5, 5.41) is 3.30. The lowest BCUT2D eigenvalue weighted by Gasteiger charge is -2.59. The highest BCUT2D eigenvalue weighted by atomic mass is 16.2. The summed E-state index contributed by atoms with van der Waals surface area (Å²) in [6.07, 6.45) is 13.5. The molecule has 3 nitrogen and oxygen atoms in total. The van der Waals surface area contributed by atoms with Crippen LogP contribution < -0.4 is 5.32 Å². The van der Waals surface area contributed by atoms with Crippen LogP contribution in [-0.2, 0) is 17.6 Å². The quantitative estimate of drug-likeness (QED) is 0.671. The molecule has 1 amide bonds.